The van der Waals surface area contributed by atoms with Gasteiger partial charge in [0, 0.05) is 16.0 Å². The van der Waals surface area contributed by atoms with Crippen LogP contribution in [-0.4, -0.2) is 26.2 Å². The molecule has 3 N–H and O–H groups in total. The van der Waals surface area contributed by atoms with Gasteiger partial charge in [-0.25, -0.2) is 4.98 Å². The predicted molar refractivity (Wildman–Crippen MR) is 110 cm³/mol. The number of thioether (sulfide) groups is 1. The van der Waals surface area contributed by atoms with Crippen molar-refractivity contribution in [3.63, 3.8) is 0 Å². The smallest absolute Gasteiger partial charge is 0.272 e. The molecule has 0 atom stereocenters. The highest BCUT2D eigenvalue weighted by Gasteiger charge is 2.19. The van der Waals surface area contributed by atoms with Gasteiger partial charge in [0.05, 0.1) is 12.0 Å². The maximum atomic E-state index is 12.5. The number of hydrogen-bond donors (Lipinski definition) is 3. The number of aromatic nitrogens is 4. The van der Waals surface area contributed by atoms with Crippen LogP contribution in [0.5, 0.6) is 0 Å². The first-order valence-corrected chi connectivity index (χ1v) is 9.75. The van der Waals surface area contributed by atoms with Gasteiger partial charge in [-0.3, -0.25) is 9.59 Å². The molecule has 0 radical (unpaired) electrons. The lowest BCUT2D eigenvalue weighted by molar-refractivity contribution is 0.571. The standard InChI is InChI=1S/C20H22N4O2S/c1-20(2,3)17-13(21-11-22-17)10-15-19(26)23-14(18(25)24-15)9-12-7-5-6-8-16(12)27-4/h5-11H,1-4H3,(H,21,22)(H,23,26)(H,24,25)/b14-9+,15-10+. The summed E-state index contributed by atoms with van der Waals surface area (Å²) in [6.45, 7) is 6.14. The molecule has 3 aromatic rings. The Morgan fingerprint density at radius 3 is 2.26 bits per heavy atom. The lowest BCUT2D eigenvalue weighted by Crippen LogP contribution is -2.46. The monoisotopic (exact) mass is 382 g/mol. The van der Waals surface area contributed by atoms with Crippen LogP contribution in [0.25, 0.3) is 12.2 Å². The normalized spacial score (nSPS) is 13.3. The third-order valence-corrected chi connectivity index (χ3v) is 4.94. The molecule has 1 aromatic carbocycles. The zero-order chi connectivity index (χ0) is 19.6. The summed E-state index contributed by atoms with van der Waals surface area (Å²) in [7, 11) is 0. The van der Waals surface area contributed by atoms with Crippen LogP contribution in [0.1, 0.15) is 37.7 Å². The maximum absolute atomic E-state index is 12.5. The summed E-state index contributed by atoms with van der Waals surface area (Å²) in [5.74, 6) is 0. The Morgan fingerprint density at radius 1 is 1.00 bits per heavy atom. The fourth-order valence-electron chi connectivity index (χ4n) is 2.79. The second-order valence-corrected chi connectivity index (χ2v) is 8.03. The highest BCUT2D eigenvalue weighted by Crippen LogP contribution is 2.22. The maximum Gasteiger partial charge on any atom is 0.272 e. The summed E-state index contributed by atoms with van der Waals surface area (Å²) in [4.78, 5) is 38.7. The quantitative estimate of drug-likeness (QED) is 0.598. The van der Waals surface area contributed by atoms with E-state index in [0.717, 1.165) is 16.2 Å². The molecule has 0 amide bonds. The summed E-state index contributed by atoms with van der Waals surface area (Å²) >= 11 is 1.58. The highest BCUT2D eigenvalue weighted by atomic mass is 32.2. The SMILES string of the molecule is CSc1ccccc1/C=c1/[nH]c(=O)/c(=C\c2nc[nH]c2C(C)(C)C)[nH]c1=O. The van der Waals surface area contributed by atoms with Crippen LogP contribution < -0.4 is 21.8 Å². The Balaban J connectivity index is 2.15. The zero-order valence-electron chi connectivity index (χ0n) is 15.7. The molecule has 7 heteroatoms. The Hall–Kier alpha value is -2.80. The van der Waals surface area contributed by atoms with Gasteiger partial charge in [0.1, 0.15) is 10.7 Å². The molecule has 0 bridgehead atoms. The van der Waals surface area contributed by atoms with Crippen molar-refractivity contribution in [2.24, 2.45) is 0 Å². The van der Waals surface area contributed by atoms with Crippen molar-refractivity contribution in [1.82, 2.24) is 19.9 Å². The van der Waals surface area contributed by atoms with Crippen molar-refractivity contribution in [2.45, 2.75) is 31.1 Å². The molecule has 0 fully saturated rings. The molecule has 2 heterocycles. The number of H-pyrrole nitrogens is 3. The fraction of sp³-hybridized carbons (Fsp3) is 0.250. The van der Waals surface area contributed by atoms with Crippen molar-refractivity contribution in [3.8, 4) is 0 Å². The number of nitrogens with one attached hydrogen (secondary N) is 3. The lowest BCUT2D eigenvalue weighted by atomic mass is 9.90. The molecule has 0 saturated carbocycles. The van der Waals surface area contributed by atoms with Gasteiger partial charge in [-0.15, -0.1) is 11.8 Å². The molecule has 0 saturated heterocycles. The van der Waals surface area contributed by atoms with E-state index in [-0.39, 0.29) is 27.2 Å². The van der Waals surface area contributed by atoms with Gasteiger partial charge in [-0.2, -0.15) is 0 Å². The molecule has 0 spiro atoms. The molecule has 0 unspecified atom stereocenters. The minimum absolute atomic E-state index is 0.162. The highest BCUT2D eigenvalue weighted by molar-refractivity contribution is 7.98. The third kappa shape index (κ3) is 4.14. The molecule has 3 rings (SSSR count). The van der Waals surface area contributed by atoms with E-state index in [0.29, 0.717) is 5.69 Å². The van der Waals surface area contributed by atoms with Crippen LogP contribution in [0, 0.1) is 0 Å². The Kier molecular flexibility index (Phi) is 5.23. The molecular formula is C20H22N4O2S. The van der Waals surface area contributed by atoms with Crippen LogP contribution in [0.3, 0.4) is 0 Å². The molecule has 0 aliphatic heterocycles. The van der Waals surface area contributed by atoms with Crippen molar-refractivity contribution >= 4 is 23.9 Å². The van der Waals surface area contributed by atoms with Crippen LogP contribution in [0.15, 0.2) is 45.1 Å². The number of aromatic amines is 3. The molecular weight excluding hydrogens is 360 g/mol. The summed E-state index contributed by atoms with van der Waals surface area (Å²) < 4.78 is 0. The van der Waals surface area contributed by atoms with E-state index in [1.165, 1.54) is 0 Å². The van der Waals surface area contributed by atoms with Gasteiger partial charge in [0.15, 0.2) is 0 Å². The average molecular weight is 382 g/mol. The molecule has 0 aliphatic rings. The molecule has 27 heavy (non-hydrogen) atoms. The second-order valence-electron chi connectivity index (χ2n) is 7.18. The molecule has 0 aliphatic carbocycles. The summed E-state index contributed by atoms with van der Waals surface area (Å²) in [6, 6.07) is 7.70. The van der Waals surface area contributed by atoms with Crippen LogP contribution in [0.2, 0.25) is 0 Å². The van der Waals surface area contributed by atoms with E-state index >= 15 is 0 Å². The van der Waals surface area contributed by atoms with Crippen molar-refractivity contribution in [1.29, 1.82) is 0 Å². The number of imidazole rings is 1. The van der Waals surface area contributed by atoms with Gasteiger partial charge in [0.2, 0.25) is 0 Å². The second kappa shape index (κ2) is 7.44. The van der Waals surface area contributed by atoms with E-state index < -0.39 is 0 Å². The topological polar surface area (TPSA) is 94.4 Å². The molecule has 2 aromatic heterocycles. The van der Waals surface area contributed by atoms with Crippen molar-refractivity contribution in [3.05, 3.63) is 78.9 Å². The Morgan fingerprint density at radius 2 is 1.63 bits per heavy atom. The largest absolute Gasteiger partial charge is 0.348 e. The van der Waals surface area contributed by atoms with Gasteiger partial charge >= 0.3 is 0 Å². The van der Waals surface area contributed by atoms with Crippen LogP contribution in [-0.2, 0) is 5.41 Å². The first-order valence-electron chi connectivity index (χ1n) is 8.52. The fourth-order valence-corrected chi connectivity index (χ4v) is 3.37. The minimum atomic E-state index is -0.370. The Labute approximate surface area is 160 Å². The van der Waals surface area contributed by atoms with E-state index in [1.807, 2.05) is 51.3 Å². The zero-order valence-corrected chi connectivity index (χ0v) is 16.5. The van der Waals surface area contributed by atoms with E-state index in [9.17, 15) is 9.59 Å². The first kappa shape index (κ1) is 19.0. The third-order valence-electron chi connectivity index (χ3n) is 4.12. The van der Waals surface area contributed by atoms with Gasteiger partial charge < -0.3 is 15.0 Å². The number of nitrogens with zero attached hydrogens (tertiary/aromatic N) is 1. The van der Waals surface area contributed by atoms with Crippen molar-refractivity contribution < 1.29 is 0 Å². The summed E-state index contributed by atoms with van der Waals surface area (Å²) in [6.07, 6.45) is 6.83. The molecule has 140 valence electrons. The van der Waals surface area contributed by atoms with Crippen LogP contribution in [0.4, 0.5) is 0 Å². The summed E-state index contributed by atoms with van der Waals surface area (Å²) in [5, 5.41) is 0.393. The number of hydrogen-bond acceptors (Lipinski definition) is 4. The van der Waals surface area contributed by atoms with E-state index in [2.05, 4.69) is 19.9 Å². The van der Waals surface area contributed by atoms with E-state index in [1.54, 1.807) is 30.2 Å². The van der Waals surface area contributed by atoms with Crippen LogP contribution >= 0.6 is 11.8 Å². The summed E-state index contributed by atoms with van der Waals surface area (Å²) in [5.41, 5.74) is 1.52. The number of benzene rings is 1. The average Bonchev–Trinajstić information content (AvgIpc) is 3.08. The Bertz CT molecular complexity index is 1200. The predicted octanol–water partition coefficient (Wildman–Crippen LogP) is 1.46. The number of rotatable bonds is 3. The first-order chi connectivity index (χ1) is 12.8. The van der Waals surface area contributed by atoms with Gasteiger partial charge in [-0.05, 0) is 30.0 Å². The molecule has 6 nitrogen and oxygen atoms in total. The van der Waals surface area contributed by atoms with Crippen molar-refractivity contribution in [2.75, 3.05) is 6.26 Å². The lowest BCUT2D eigenvalue weighted by Gasteiger charge is -2.16. The minimum Gasteiger partial charge on any atom is -0.348 e. The van der Waals surface area contributed by atoms with Gasteiger partial charge in [0.25, 0.3) is 11.1 Å². The van der Waals surface area contributed by atoms with Gasteiger partial charge in [-0.1, -0.05) is 39.0 Å². The van der Waals surface area contributed by atoms with E-state index in [4.69, 9.17) is 0 Å².